The molecule has 0 saturated carbocycles. The van der Waals surface area contributed by atoms with Gasteiger partial charge in [0.25, 0.3) is 0 Å². The van der Waals surface area contributed by atoms with E-state index in [0.717, 1.165) is 23.3 Å². The van der Waals surface area contributed by atoms with E-state index < -0.39 is 0 Å². The molecule has 0 aromatic heterocycles. The molecule has 0 aliphatic carbocycles. The van der Waals surface area contributed by atoms with Gasteiger partial charge >= 0.3 is 0 Å². The fourth-order valence-electron chi connectivity index (χ4n) is 3.99. The zero-order valence-corrected chi connectivity index (χ0v) is 25.7. The standard InChI is InChI=1S/C32H52NO7/c1-7-33(4,5)26-29-23-30(32-22-27(2)8-9-28(32)3)25-31(24-29)40-21-20-39-19-18-38-17-16-37-15-14-36-13-12-35-11-10-34-6/h8-9,22-25H,7,10-21,26H2,1-6H3/q+1. The second-order valence-electron chi connectivity index (χ2n) is 10.5. The highest BCUT2D eigenvalue weighted by Gasteiger charge is 2.15. The second kappa shape index (κ2) is 19.9. The molecule has 0 N–H and O–H groups in total. The van der Waals surface area contributed by atoms with Crippen molar-refractivity contribution >= 4 is 0 Å². The molecule has 40 heavy (non-hydrogen) atoms. The van der Waals surface area contributed by atoms with Crippen molar-refractivity contribution in [2.75, 3.05) is 107 Å². The van der Waals surface area contributed by atoms with Crippen LogP contribution >= 0.6 is 0 Å². The summed E-state index contributed by atoms with van der Waals surface area (Å²) in [5.41, 5.74) is 6.24. The molecular weight excluding hydrogens is 510 g/mol. The first-order valence-electron chi connectivity index (χ1n) is 14.4. The average molecular weight is 563 g/mol. The van der Waals surface area contributed by atoms with E-state index in [2.05, 4.69) is 71.3 Å². The molecule has 0 radical (unpaired) electrons. The smallest absolute Gasteiger partial charge is 0.120 e. The summed E-state index contributed by atoms with van der Waals surface area (Å²) in [6.45, 7) is 15.0. The predicted molar refractivity (Wildman–Crippen MR) is 159 cm³/mol. The summed E-state index contributed by atoms with van der Waals surface area (Å²) in [7, 11) is 6.17. The highest BCUT2D eigenvalue weighted by Crippen LogP contribution is 2.30. The van der Waals surface area contributed by atoms with E-state index in [1.807, 2.05) is 0 Å². The molecule has 2 aromatic rings. The molecule has 0 amide bonds. The maximum atomic E-state index is 6.13. The van der Waals surface area contributed by atoms with Crippen LogP contribution in [0.25, 0.3) is 11.1 Å². The molecule has 8 heteroatoms. The Kier molecular flexibility index (Phi) is 17.0. The molecule has 0 unspecified atom stereocenters. The molecular formula is C32H52NO7+. The monoisotopic (exact) mass is 562 g/mol. The van der Waals surface area contributed by atoms with Gasteiger partial charge in [0, 0.05) is 12.7 Å². The van der Waals surface area contributed by atoms with Gasteiger partial charge in [-0.2, -0.15) is 0 Å². The third-order valence-electron chi connectivity index (χ3n) is 6.55. The van der Waals surface area contributed by atoms with Crippen molar-refractivity contribution in [3.63, 3.8) is 0 Å². The van der Waals surface area contributed by atoms with E-state index >= 15 is 0 Å². The van der Waals surface area contributed by atoms with Crippen LogP contribution in [0.2, 0.25) is 0 Å². The predicted octanol–water partition coefficient (Wildman–Crippen LogP) is 4.67. The minimum atomic E-state index is 0.488. The SMILES string of the molecule is CC[N+](C)(C)Cc1cc(OCCOCCOCCOCCOCCOCCOC)cc(-c2cc(C)ccc2C)c1. The van der Waals surface area contributed by atoms with Gasteiger partial charge in [-0.05, 0) is 55.7 Å². The topological polar surface area (TPSA) is 64.6 Å². The Labute approximate surface area is 242 Å². The number of hydrogen-bond acceptors (Lipinski definition) is 7. The zero-order valence-electron chi connectivity index (χ0n) is 25.7. The van der Waals surface area contributed by atoms with E-state index in [4.69, 9.17) is 33.2 Å². The zero-order chi connectivity index (χ0) is 29.1. The Morgan fingerprint density at radius 3 is 1.68 bits per heavy atom. The van der Waals surface area contributed by atoms with Gasteiger partial charge < -0.3 is 37.6 Å². The van der Waals surface area contributed by atoms with Gasteiger partial charge in [0.2, 0.25) is 0 Å². The Balaban J connectivity index is 1.64. The van der Waals surface area contributed by atoms with Crippen LogP contribution in [0.15, 0.2) is 36.4 Å². The molecule has 2 aromatic carbocycles. The summed E-state index contributed by atoms with van der Waals surface area (Å²) in [5, 5.41) is 0. The highest BCUT2D eigenvalue weighted by molar-refractivity contribution is 5.70. The van der Waals surface area contributed by atoms with Gasteiger partial charge in [-0.25, -0.2) is 0 Å². The second-order valence-corrected chi connectivity index (χ2v) is 10.5. The quantitative estimate of drug-likeness (QED) is 0.144. The molecule has 2 rings (SSSR count). The van der Waals surface area contributed by atoms with E-state index in [1.165, 1.54) is 27.8 Å². The average Bonchev–Trinajstić information content (AvgIpc) is 2.93. The molecule has 0 fully saturated rings. The van der Waals surface area contributed by atoms with Crippen molar-refractivity contribution in [2.45, 2.75) is 27.3 Å². The van der Waals surface area contributed by atoms with E-state index in [1.54, 1.807) is 7.11 Å². The van der Waals surface area contributed by atoms with Crippen LogP contribution in [-0.4, -0.2) is 112 Å². The first-order valence-corrected chi connectivity index (χ1v) is 14.4. The minimum absolute atomic E-state index is 0.488. The van der Waals surface area contributed by atoms with Crippen molar-refractivity contribution in [3.8, 4) is 16.9 Å². The van der Waals surface area contributed by atoms with E-state index in [-0.39, 0.29) is 0 Å². The summed E-state index contributed by atoms with van der Waals surface area (Å²) in [5.74, 6) is 0.879. The number of benzene rings is 2. The molecule has 0 aliphatic heterocycles. The van der Waals surface area contributed by atoms with Crippen LogP contribution in [-0.2, 0) is 35.0 Å². The van der Waals surface area contributed by atoms with Gasteiger partial charge in [0.05, 0.1) is 93.3 Å². The number of rotatable bonds is 23. The maximum Gasteiger partial charge on any atom is 0.120 e. The summed E-state index contributed by atoms with van der Waals surface area (Å²) >= 11 is 0. The van der Waals surface area contributed by atoms with Crippen LogP contribution < -0.4 is 4.74 Å². The fourth-order valence-corrected chi connectivity index (χ4v) is 3.99. The number of methoxy groups -OCH3 is 1. The first-order chi connectivity index (χ1) is 19.3. The third-order valence-corrected chi connectivity index (χ3v) is 6.55. The van der Waals surface area contributed by atoms with Crippen LogP contribution in [0.4, 0.5) is 0 Å². The Bertz CT molecular complexity index is 951. The number of ether oxygens (including phenoxy) is 7. The number of hydrogen-bond donors (Lipinski definition) is 0. The van der Waals surface area contributed by atoms with E-state index in [0.29, 0.717) is 79.3 Å². The molecule has 0 heterocycles. The number of nitrogens with zero attached hydrogens (tertiary/aromatic N) is 1. The van der Waals surface area contributed by atoms with Gasteiger partial charge in [-0.1, -0.05) is 23.8 Å². The lowest BCUT2D eigenvalue weighted by atomic mass is 9.96. The largest absolute Gasteiger partial charge is 0.491 e. The van der Waals surface area contributed by atoms with Gasteiger partial charge in [0.15, 0.2) is 0 Å². The summed E-state index contributed by atoms with van der Waals surface area (Å²) in [4.78, 5) is 0. The molecule has 0 bridgehead atoms. The van der Waals surface area contributed by atoms with Crippen LogP contribution in [0.1, 0.15) is 23.6 Å². The summed E-state index contributed by atoms with van der Waals surface area (Å²) < 4.78 is 39.5. The van der Waals surface area contributed by atoms with Gasteiger partial charge in [-0.15, -0.1) is 0 Å². The van der Waals surface area contributed by atoms with Gasteiger partial charge in [-0.3, -0.25) is 0 Å². The maximum absolute atomic E-state index is 6.13. The van der Waals surface area contributed by atoms with Crippen molar-refractivity contribution in [3.05, 3.63) is 53.1 Å². The van der Waals surface area contributed by atoms with Crippen molar-refractivity contribution in [2.24, 2.45) is 0 Å². The normalized spacial score (nSPS) is 11.8. The highest BCUT2D eigenvalue weighted by atomic mass is 16.6. The Morgan fingerprint density at radius 1 is 0.625 bits per heavy atom. The fraction of sp³-hybridized carbons (Fsp3) is 0.625. The molecule has 8 nitrogen and oxygen atoms in total. The molecule has 226 valence electrons. The van der Waals surface area contributed by atoms with Gasteiger partial charge in [0.1, 0.15) is 18.9 Å². The first kappa shape index (κ1) is 34.2. The lowest BCUT2D eigenvalue weighted by Crippen LogP contribution is -2.38. The van der Waals surface area contributed by atoms with Crippen LogP contribution in [0, 0.1) is 13.8 Å². The third kappa shape index (κ3) is 14.6. The lowest BCUT2D eigenvalue weighted by molar-refractivity contribution is -0.901. The summed E-state index contributed by atoms with van der Waals surface area (Å²) in [6.07, 6.45) is 0. The van der Waals surface area contributed by atoms with Crippen LogP contribution in [0.3, 0.4) is 0 Å². The van der Waals surface area contributed by atoms with Crippen molar-refractivity contribution in [1.82, 2.24) is 0 Å². The molecule has 0 aliphatic rings. The molecule has 0 saturated heterocycles. The van der Waals surface area contributed by atoms with Crippen LogP contribution in [0.5, 0.6) is 5.75 Å². The van der Waals surface area contributed by atoms with Crippen molar-refractivity contribution in [1.29, 1.82) is 0 Å². The van der Waals surface area contributed by atoms with E-state index in [9.17, 15) is 0 Å². The Morgan fingerprint density at radius 2 is 1.15 bits per heavy atom. The minimum Gasteiger partial charge on any atom is -0.491 e. The molecule has 0 spiro atoms. The number of aryl methyl sites for hydroxylation is 2. The van der Waals surface area contributed by atoms with Crippen molar-refractivity contribution < 1.29 is 37.6 Å². The Hall–Kier alpha value is -2.04. The lowest BCUT2D eigenvalue weighted by Gasteiger charge is -2.28. The number of quaternary nitrogens is 1. The summed E-state index contributed by atoms with van der Waals surface area (Å²) in [6, 6.07) is 13.2. The molecule has 0 atom stereocenters.